The monoisotopic (exact) mass is 237 g/mol. The number of amides is 4. The normalized spacial score (nSPS) is 23.3. The lowest BCUT2D eigenvalue weighted by molar-refractivity contribution is -0.126. The maximum absolute atomic E-state index is 11.8. The molecule has 0 aromatic rings. The first-order valence-electron chi connectivity index (χ1n) is 5.75. The maximum Gasteiger partial charge on any atom is 0.325 e. The highest BCUT2D eigenvalue weighted by molar-refractivity contribution is 6.01. The standard InChI is InChI=1S/C11H15N3O3/c15-9-6-8(12-11(17)13-9)7-10(16)14-4-2-1-3-5-14/h7H,1-6H2,(H2,12,13,15,17). The molecule has 2 aliphatic heterocycles. The molecule has 0 unspecified atom stereocenters. The number of rotatable bonds is 1. The second-order valence-electron chi connectivity index (χ2n) is 4.23. The molecule has 2 fully saturated rings. The number of nitrogens with zero attached hydrogens (tertiary/aromatic N) is 1. The van der Waals surface area contributed by atoms with Crippen molar-refractivity contribution in [3.05, 3.63) is 11.8 Å². The lowest BCUT2D eigenvalue weighted by atomic mass is 10.1. The van der Waals surface area contributed by atoms with Gasteiger partial charge in [0.05, 0.1) is 6.42 Å². The van der Waals surface area contributed by atoms with Crippen molar-refractivity contribution < 1.29 is 14.4 Å². The predicted octanol–water partition coefficient (Wildman–Crippen LogP) is 0.112. The Balaban J connectivity index is 1.99. The van der Waals surface area contributed by atoms with E-state index in [1.165, 1.54) is 6.08 Å². The zero-order valence-electron chi connectivity index (χ0n) is 9.49. The van der Waals surface area contributed by atoms with Crippen LogP contribution in [0.15, 0.2) is 11.8 Å². The number of urea groups is 1. The van der Waals surface area contributed by atoms with Crippen LogP contribution in [-0.2, 0) is 9.59 Å². The SMILES string of the molecule is O=C1CC(=CC(=O)N2CCCCC2)NC(=O)N1. The van der Waals surface area contributed by atoms with Crippen molar-refractivity contribution in [1.82, 2.24) is 15.5 Å². The molecule has 2 rings (SSSR count). The minimum absolute atomic E-state index is 0.0469. The van der Waals surface area contributed by atoms with Gasteiger partial charge in [0, 0.05) is 24.9 Å². The van der Waals surface area contributed by atoms with Crippen molar-refractivity contribution in [2.45, 2.75) is 25.7 Å². The Hall–Kier alpha value is -1.85. The van der Waals surface area contributed by atoms with E-state index in [9.17, 15) is 14.4 Å². The lowest BCUT2D eigenvalue weighted by Crippen LogP contribution is -2.45. The average Bonchev–Trinajstić information content (AvgIpc) is 2.28. The maximum atomic E-state index is 11.8. The highest BCUT2D eigenvalue weighted by Gasteiger charge is 2.21. The van der Waals surface area contributed by atoms with E-state index in [4.69, 9.17) is 0 Å². The summed E-state index contributed by atoms with van der Waals surface area (Å²) in [5.41, 5.74) is 0.370. The summed E-state index contributed by atoms with van der Waals surface area (Å²) in [5, 5.41) is 4.57. The molecular weight excluding hydrogens is 222 g/mol. The summed E-state index contributed by atoms with van der Waals surface area (Å²) in [5.74, 6) is -0.513. The van der Waals surface area contributed by atoms with Gasteiger partial charge in [-0.05, 0) is 19.3 Å². The van der Waals surface area contributed by atoms with Crippen LogP contribution in [0.5, 0.6) is 0 Å². The fourth-order valence-corrected chi connectivity index (χ4v) is 2.01. The van der Waals surface area contributed by atoms with E-state index in [0.29, 0.717) is 5.70 Å². The number of nitrogens with one attached hydrogen (secondary N) is 2. The quantitative estimate of drug-likeness (QED) is 0.635. The van der Waals surface area contributed by atoms with E-state index in [1.807, 2.05) is 0 Å². The van der Waals surface area contributed by atoms with Crippen LogP contribution in [-0.4, -0.2) is 35.8 Å². The summed E-state index contributed by atoms with van der Waals surface area (Å²) in [7, 11) is 0. The molecule has 17 heavy (non-hydrogen) atoms. The third kappa shape index (κ3) is 3.05. The largest absolute Gasteiger partial charge is 0.339 e. The Morgan fingerprint density at radius 2 is 1.82 bits per heavy atom. The molecule has 2 saturated heterocycles. The van der Waals surface area contributed by atoms with Crippen LogP contribution in [0.3, 0.4) is 0 Å². The molecule has 0 saturated carbocycles. The average molecular weight is 237 g/mol. The van der Waals surface area contributed by atoms with E-state index >= 15 is 0 Å². The summed E-state index contributed by atoms with van der Waals surface area (Å²) in [6.07, 6.45) is 4.58. The van der Waals surface area contributed by atoms with Crippen LogP contribution in [0, 0.1) is 0 Å². The minimum Gasteiger partial charge on any atom is -0.339 e. The molecule has 6 nitrogen and oxygen atoms in total. The number of piperidine rings is 1. The fraction of sp³-hybridized carbons (Fsp3) is 0.545. The Bertz CT molecular complexity index is 365. The van der Waals surface area contributed by atoms with E-state index in [2.05, 4.69) is 10.6 Å². The van der Waals surface area contributed by atoms with Crippen LogP contribution in [0.4, 0.5) is 4.79 Å². The first-order valence-corrected chi connectivity index (χ1v) is 5.75. The molecule has 0 spiro atoms. The third-order valence-corrected chi connectivity index (χ3v) is 2.84. The van der Waals surface area contributed by atoms with Gasteiger partial charge in [-0.25, -0.2) is 4.79 Å². The Labute approximate surface area is 99.0 Å². The summed E-state index contributed by atoms with van der Waals surface area (Å²) in [6, 6.07) is -0.570. The first kappa shape index (κ1) is 11.6. The van der Waals surface area contributed by atoms with Gasteiger partial charge in [0.15, 0.2) is 0 Å². The van der Waals surface area contributed by atoms with E-state index in [1.54, 1.807) is 4.90 Å². The van der Waals surface area contributed by atoms with Crippen molar-refractivity contribution in [1.29, 1.82) is 0 Å². The minimum atomic E-state index is -0.570. The van der Waals surface area contributed by atoms with E-state index in [-0.39, 0.29) is 18.2 Å². The van der Waals surface area contributed by atoms with Crippen molar-refractivity contribution in [2.24, 2.45) is 0 Å². The molecule has 2 N–H and O–H groups in total. The molecule has 92 valence electrons. The Morgan fingerprint density at radius 3 is 2.47 bits per heavy atom. The van der Waals surface area contributed by atoms with Gasteiger partial charge >= 0.3 is 6.03 Å². The second-order valence-corrected chi connectivity index (χ2v) is 4.23. The predicted molar refractivity (Wildman–Crippen MR) is 59.8 cm³/mol. The number of imide groups is 1. The van der Waals surface area contributed by atoms with Crippen molar-refractivity contribution in [3.63, 3.8) is 0 Å². The highest BCUT2D eigenvalue weighted by atomic mass is 16.2. The van der Waals surface area contributed by atoms with E-state index in [0.717, 1.165) is 32.4 Å². The number of carbonyl (C=O) groups excluding carboxylic acids is 3. The zero-order valence-corrected chi connectivity index (χ0v) is 9.49. The number of carbonyl (C=O) groups is 3. The van der Waals surface area contributed by atoms with Gasteiger partial charge in [-0.1, -0.05) is 0 Å². The smallest absolute Gasteiger partial charge is 0.325 e. The van der Waals surface area contributed by atoms with Crippen LogP contribution in [0.2, 0.25) is 0 Å². The van der Waals surface area contributed by atoms with Crippen LogP contribution in [0.25, 0.3) is 0 Å². The van der Waals surface area contributed by atoms with Gasteiger partial charge in [-0.15, -0.1) is 0 Å². The number of likely N-dealkylation sites (tertiary alicyclic amines) is 1. The van der Waals surface area contributed by atoms with Gasteiger partial charge < -0.3 is 10.2 Å². The van der Waals surface area contributed by atoms with Crippen molar-refractivity contribution in [3.8, 4) is 0 Å². The lowest BCUT2D eigenvalue weighted by Gasteiger charge is -2.26. The van der Waals surface area contributed by atoms with Gasteiger partial charge in [0.2, 0.25) is 11.8 Å². The molecule has 6 heteroatoms. The van der Waals surface area contributed by atoms with Crippen LogP contribution < -0.4 is 10.6 Å². The highest BCUT2D eigenvalue weighted by Crippen LogP contribution is 2.10. The first-order chi connectivity index (χ1) is 8.15. The molecule has 2 heterocycles. The molecule has 0 aliphatic carbocycles. The molecule has 2 aliphatic rings. The van der Waals surface area contributed by atoms with Gasteiger partial charge in [-0.3, -0.25) is 14.9 Å². The van der Waals surface area contributed by atoms with Crippen LogP contribution in [0.1, 0.15) is 25.7 Å². The molecule has 0 bridgehead atoms. The summed E-state index contributed by atoms with van der Waals surface area (Å²) in [6.45, 7) is 1.51. The molecule has 4 amide bonds. The van der Waals surface area contributed by atoms with Gasteiger partial charge in [0.1, 0.15) is 0 Å². The Morgan fingerprint density at radius 1 is 1.12 bits per heavy atom. The Kier molecular flexibility index (Phi) is 3.41. The van der Waals surface area contributed by atoms with Gasteiger partial charge in [-0.2, -0.15) is 0 Å². The zero-order chi connectivity index (χ0) is 12.3. The molecular formula is C11H15N3O3. The number of hydrogen-bond donors (Lipinski definition) is 2. The second kappa shape index (κ2) is 4.99. The van der Waals surface area contributed by atoms with Crippen LogP contribution >= 0.6 is 0 Å². The summed E-state index contributed by atoms with van der Waals surface area (Å²) >= 11 is 0. The third-order valence-electron chi connectivity index (χ3n) is 2.84. The van der Waals surface area contributed by atoms with Crippen molar-refractivity contribution >= 4 is 17.8 Å². The molecule has 0 aromatic heterocycles. The summed E-state index contributed by atoms with van der Waals surface area (Å²) < 4.78 is 0. The fourth-order valence-electron chi connectivity index (χ4n) is 2.01. The van der Waals surface area contributed by atoms with Gasteiger partial charge in [0.25, 0.3) is 0 Å². The number of hydrogen-bond acceptors (Lipinski definition) is 3. The van der Waals surface area contributed by atoms with Crippen molar-refractivity contribution in [2.75, 3.05) is 13.1 Å². The molecule has 0 atom stereocenters. The summed E-state index contributed by atoms with van der Waals surface area (Å²) in [4.78, 5) is 35.7. The van der Waals surface area contributed by atoms with E-state index < -0.39 is 6.03 Å². The molecule has 0 radical (unpaired) electrons. The molecule has 0 aromatic carbocycles. The topological polar surface area (TPSA) is 78.5 Å².